The van der Waals surface area contributed by atoms with Gasteiger partial charge < -0.3 is 15.4 Å². The molecule has 2 aliphatic carbocycles. The number of nitrogens with zero attached hydrogens (tertiary/aromatic N) is 3. The van der Waals surface area contributed by atoms with Gasteiger partial charge in [-0.3, -0.25) is 0 Å². The number of aliphatic hydroxyl groups is 1. The Bertz CT molecular complexity index is 972. The van der Waals surface area contributed by atoms with Crippen LogP contribution >= 0.6 is 0 Å². The largest absolute Gasteiger partial charge is 0.393 e. The lowest BCUT2D eigenvalue weighted by molar-refractivity contribution is 0.141. The summed E-state index contributed by atoms with van der Waals surface area (Å²) in [5.74, 6) is 1.95. The van der Waals surface area contributed by atoms with Crippen molar-refractivity contribution in [3.8, 4) is 11.4 Å². The summed E-state index contributed by atoms with van der Waals surface area (Å²) in [6, 6.07) is 6.74. The first kappa shape index (κ1) is 16.7. The average molecular weight is 363 g/mol. The van der Waals surface area contributed by atoms with E-state index in [1.54, 1.807) is 6.33 Å². The summed E-state index contributed by atoms with van der Waals surface area (Å²) in [5.41, 5.74) is 5.56. The predicted molar refractivity (Wildman–Crippen MR) is 106 cm³/mol. The Morgan fingerprint density at radius 3 is 2.89 bits per heavy atom. The molecule has 0 spiro atoms. The molecule has 3 aromatic rings. The minimum Gasteiger partial charge on any atom is -0.393 e. The molecular formula is C21H25N5O. The van der Waals surface area contributed by atoms with Gasteiger partial charge in [-0.05, 0) is 55.6 Å². The highest BCUT2D eigenvalue weighted by Gasteiger charge is 2.30. The topological polar surface area (TPSA) is 86.7 Å². The molecule has 0 aliphatic heterocycles. The van der Waals surface area contributed by atoms with Gasteiger partial charge in [0.25, 0.3) is 0 Å². The standard InChI is InChI=1S/C21H25N5O/c1-12-9-14(10-17(12)27)24-20-18-21(23-11-22-20)26-19(25-18)16-8-4-6-13-5-2-3-7-15(13)16/h4,6,8,11-12,14,17,27H,2-3,5,7,9-10H2,1H3,(H2,22,23,24,25,26)/t12-,14+,17-/m0/s1. The quantitative estimate of drug-likeness (QED) is 0.663. The molecule has 1 aromatic carbocycles. The number of rotatable bonds is 3. The monoisotopic (exact) mass is 363 g/mol. The molecule has 27 heavy (non-hydrogen) atoms. The molecule has 1 saturated carbocycles. The number of hydrogen-bond donors (Lipinski definition) is 3. The van der Waals surface area contributed by atoms with Crippen molar-refractivity contribution in [2.24, 2.45) is 5.92 Å². The van der Waals surface area contributed by atoms with Crippen molar-refractivity contribution in [3.63, 3.8) is 0 Å². The van der Waals surface area contributed by atoms with Crippen LogP contribution in [0, 0.1) is 5.92 Å². The molecule has 0 amide bonds. The number of H-pyrrole nitrogens is 1. The van der Waals surface area contributed by atoms with Gasteiger partial charge in [0, 0.05) is 11.6 Å². The zero-order chi connectivity index (χ0) is 18.4. The van der Waals surface area contributed by atoms with Gasteiger partial charge >= 0.3 is 0 Å². The van der Waals surface area contributed by atoms with E-state index in [0.717, 1.165) is 42.8 Å². The SMILES string of the molecule is C[C@H]1C[C@@H](Nc2ncnc3nc(-c4cccc5c4CCCC5)[nH]c23)C[C@@H]1O. The third-order valence-corrected chi connectivity index (χ3v) is 6.12. The summed E-state index contributed by atoms with van der Waals surface area (Å²) in [4.78, 5) is 17.0. The van der Waals surface area contributed by atoms with Gasteiger partial charge in [-0.25, -0.2) is 15.0 Å². The van der Waals surface area contributed by atoms with Crippen LogP contribution in [-0.2, 0) is 12.8 Å². The van der Waals surface area contributed by atoms with Crippen LogP contribution in [0.3, 0.4) is 0 Å². The number of hydrogen-bond acceptors (Lipinski definition) is 5. The molecule has 6 heteroatoms. The fourth-order valence-corrected chi connectivity index (χ4v) is 4.61. The van der Waals surface area contributed by atoms with Gasteiger partial charge in [0.05, 0.1) is 6.10 Å². The Balaban J connectivity index is 1.52. The molecule has 3 atom stereocenters. The maximum Gasteiger partial charge on any atom is 0.183 e. The maximum atomic E-state index is 10.0. The van der Waals surface area contributed by atoms with Crippen molar-refractivity contribution in [1.29, 1.82) is 0 Å². The average Bonchev–Trinajstić information content (AvgIpc) is 3.25. The van der Waals surface area contributed by atoms with Crippen LogP contribution in [0.25, 0.3) is 22.6 Å². The van der Waals surface area contributed by atoms with Crippen molar-refractivity contribution in [2.45, 2.75) is 57.6 Å². The number of aryl methyl sites for hydroxylation is 1. The second-order valence-corrected chi connectivity index (χ2v) is 8.01. The van der Waals surface area contributed by atoms with Crippen LogP contribution in [0.15, 0.2) is 24.5 Å². The fraction of sp³-hybridized carbons (Fsp3) is 0.476. The first-order valence-electron chi connectivity index (χ1n) is 9.95. The molecule has 0 bridgehead atoms. The van der Waals surface area contributed by atoms with Gasteiger partial charge in [0.1, 0.15) is 17.7 Å². The molecule has 2 aliphatic rings. The zero-order valence-corrected chi connectivity index (χ0v) is 15.6. The van der Waals surface area contributed by atoms with Gasteiger partial charge in [-0.15, -0.1) is 0 Å². The summed E-state index contributed by atoms with van der Waals surface area (Å²) < 4.78 is 0. The minimum absolute atomic E-state index is 0.226. The normalized spacial score (nSPS) is 24.9. The third-order valence-electron chi connectivity index (χ3n) is 6.12. The Hall–Kier alpha value is -2.47. The van der Waals surface area contributed by atoms with Crippen LogP contribution in [0.2, 0.25) is 0 Å². The van der Waals surface area contributed by atoms with Crippen LogP contribution in [0.4, 0.5) is 5.82 Å². The summed E-state index contributed by atoms with van der Waals surface area (Å²) in [7, 11) is 0. The summed E-state index contributed by atoms with van der Waals surface area (Å²) in [6.45, 7) is 2.09. The van der Waals surface area contributed by atoms with Crippen molar-refractivity contribution in [2.75, 3.05) is 5.32 Å². The summed E-state index contributed by atoms with van der Waals surface area (Å²) in [5, 5.41) is 13.5. The Labute approximate surface area is 158 Å². The molecule has 6 nitrogen and oxygen atoms in total. The van der Waals surface area contributed by atoms with E-state index < -0.39 is 0 Å². The number of fused-ring (bicyclic) bond motifs is 2. The fourth-order valence-electron chi connectivity index (χ4n) is 4.61. The molecule has 0 radical (unpaired) electrons. The van der Waals surface area contributed by atoms with E-state index in [2.05, 4.69) is 45.4 Å². The molecule has 5 rings (SSSR count). The first-order valence-corrected chi connectivity index (χ1v) is 9.95. The van der Waals surface area contributed by atoms with Gasteiger partial charge in [-0.1, -0.05) is 25.1 Å². The Kier molecular flexibility index (Phi) is 4.08. The third kappa shape index (κ3) is 2.98. The van der Waals surface area contributed by atoms with Crippen molar-refractivity contribution in [3.05, 3.63) is 35.7 Å². The number of aliphatic hydroxyl groups excluding tert-OH is 1. The van der Waals surface area contributed by atoms with Crippen molar-refractivity contribution in [1.82, 2.24) is 19.9 Å². The van der Waals surface area contributed by atoms with E-state index in [-0.39, 0.29) is 12.1 Å². The summed E-state index contributed by atoms with van der Waals surface area (Å²) >= 11 is 0. The van der Waals surface area contributed by atoms with Gasteiger partial charge in [-0.2, -0.15) is 0 Å². The molecule has 3 N–H and O–H groups in total. The van der Waals surface area contributed by atoms with Gasteiger partial charge in [0.15, 0.2) is 11.5 Å². The number of aromatic amines is 1. The Morgan fingerprint density at radius 1 is 1.15 bits per heavy atom. The second kappa shape index (κ2) is 6.60. The molecule has 0 unspecified atom stereocenters. The van der Waals surface area contributed by atoms with E-state index in [9.17, 15) is 5.11 Å². The maximum absolute atomic E-state index is 10.0. The smallest absolute Gasteiger partial charge is 0.183 e. The summed E-state index contributed by atoms with van der Waals surface area (Å²) in [6.07, 6.45) is 7.77. The molecule has 2 aromatic heterocycles. The highest BCUT2D eigenvalue weighted by molar-refractivity contribution is 5.86. The first-order chi connectivity index (χ1) is 13.2. The van der Waals surface area contributed by atoms with Gasteiger partial charge in [0.2, 0.25) is 0 Å². The highest BCUT2D eigenvalue weighted by Crippen LogP contribution is 2.33. The van der Waals surface area contributed by atoms with E-state index in [1.807, 2.05) is 0 Å². The molecule has 140 valence electrons. The Morgan fingerprint density at radius 2 is 2.04 bits per heavy atom. The molecule has 2 heterocycles. The second-order valence-electron chi connectivity index (χ2n) is 8.01. The van der Waals surface area contributed by atoms with E-state index in [1.165, 1.54) is 29.5 Å². The van der Waals surface area contributed by atoms with E-state index >= 15 is 0 Å². The van der Waals surface area contributed by atoms with Crippen LogP contribution < -0.4 is 5.32 Å². The number of imidazole rings is 1. The van der Waals surface area contributed by atoms with Crippen LogP contribution in [-0.4, -0.2) is 37.2 Å². The van der Waals surface area contributed by atoms with Crippen molar-refractivity contribution >= 4 is 17.0 Å². The number of aromatic nitrogens is 4. The number of benzene rings is 1. The van der Waals surface area contributed by atoms with Crippen LogP contribution in [0.1, 0.15) is 43.7 Å². The van der Waals surface area contributed by atoms with E-state index in [4.69, 9.17) is 4.98 Å². The molecule has 0 saturated heterocycles. The van der Waals surface area contributed by atoms with E-state index in [0.29, 0.717) is 11.6 Å². The number of anilines is 1. The zero-order valence-electron chi connectivity index (χ0n) is 15.6. The highest BCUT2D eigenvalue weighted by atomic mass is 16.3. The van der Waals surface area contributed by atoms with Crippen LogP contribution in [0.5, 0.6) is 0 Å². The molecular weight excluding hydrogens is 338 g/mol. The number of nitrogens with one attached hydrogen (secondary N) is 2. The minimum atomic E-state index is -0.243. The lowest BCUT2D eigenvalue weighted by Crippen LogP contribution is -2.17. The molecule has 1 fully saturated rings. The lowest BCUT2D eigenvalue weighted by atomic mass is 9.88. The van der Waals surface area contributed by atoms with Crippen molar-refractivity contribution < 1.29 is 5.11 Å². The predicted octanol–water partition coefficient (Wildman–Crippen LogP) is 3.47. The lowest BCUT2D eigenvalue weighted by Gasteiger charge is -2.18.